The van der Waals surface area contributed by atoms with Gasteiger partial charge in [-0.3, -0.25) is 9.89 Å². The minimum atomic E-state index is -0.250. The van der Waals surface area contributed by atoms with Crippen LogP contribution in [0.25, 0.3) is 10.9 Å². The number of terminal acetylenes is 2. The fourth-order valence-electron chi connectivity index (χ4n) is 4.38. The second-order valence-electron chi connectivity index (χ2n) is 8.24. The van der Waals surface area contributed by atoms with Crippen molar-refractivity contribution in [2.45, 2.75) is 44.7 Å². The van der Waals surface area contributed by atoms with E-state index in [2.05, 4.69) is 71.7 Å². The van der Waals surface area contributed by atoms with Crippen molar-refractivity contribution in [1.82, 2.24) is 10.2 Å². The standard InChI is InChI=1S/C21H23FN4.2C2H2.CH2O2/c1-21(2)13-25(16-4-3-5-16)19-11-18-14(12-23-24-18)10-20(19)26(21)17-8-6-15(22)7-9-17;2*1-2;2-1-3/h6-12,16H,3-5,13H2,1-2H3,(H,23,24);2*1-2H;1H,(H,2,3). The molecule has 2 aliphatic rings. The van der Waals surface area contributed by atoms with Crippen molar-refractivity contribution in [2.24, 2.45) is 0 Å². The molecule has 2 N–H and O–H groups in total. The normalized spacial score (nSPS) is 15.8. The zero-order chi connectivity index (χ0) is 24.6. The molecule has 1 aromatic heterocycles. The van der Waals surface area contributed by atoms with E-state index >= 15 is 0 Å². The molecular formula is C26H29FN4O2. The van der Waals surface area contributed by atoms with Crippen molar-refractivity contribution in [2.75, 3.05) is 16.3 Å². The molecule has 0 bridgehead atoms. The first-order valence-electron chi connectivity index (χ1n) is 10.5. The van der Waals surface area contributed by atoms with Crippen LogP contribution in [0.3, 0.4) is 0 Å². The van der Waals surface area contributed by atoms with Crippen molar-refractivity contribution in [3.05, 3.63) is 48.4 Å². The number of fused-ring (bicyclic) bond motifs is 2. The quantitative estimate of drug-likeness (QED) is 0.417. The van der Waals surface area contributed by atoms with Crippen LogP contribution < -0.4 is 9.80 Å². The summed E-state index contributed by atoms with van der Waals surface area (Å²) in [6, 6.07) is 11.9. The van der Waals surface area contributed by atoms with Crippen molar-refractivity contribution >= 4 is 34.4 Å². The van der Waals surface area contributed by atoms with Gasteiger partial charge in [0, 0.05) is 23.7 Å². The van der Waals surface area contributed by atoms with E-state index in [1.54, 1.807) is 12.1 Å². The van der Waals surface area contributed by atoms with E-state index in [-0.39, 0.29) is 17.8 Å². The first kappa shape index (κ1) is 25.3. The van der Waals surface area contributed by atoms with Crippen molar-refractivity contribution < 1.29 is 14.3 Å². The highest BCUT2D eigenvalue weighted by atomic mass is 19.1. The molecule has 1 saturated carbocycles. The lowest BCUT2D eigenvalue weighted by Crippen LogP contribution is -2.57. The van der Waals surface area contributed by atoms with Gasteiger partial charge in [-0.25, -0.2) is 4.39 Å². The molecule has 172 valence electrons. The lowest BCUT2D eigenvalue weighted by atomic mass is 9.86. The summed E-state index contributed by atoms with van der Waals surface area (Å²) < 4.78 is 13.5. The number of hydrogen-bond donors (Lipinski definition) is 2. The molecule has 0 amide bonds. The van der Waals surface area contributed by atoms with Gasteiger partial charge in [-0.2, -0.15) is 5.10 Å². The topological polar surface area (TPSA) is 72.5 Å². The van der Waals surface area contributed by atoms with Crippen LogP contribution >= 0.6 is 0 Å². The third-order valence-corrected chi connectivity index (χ3v) is 5.85. The lowest BCUT2D eigenvalue weighted by Gasteiger charge is -2.53. The van der Waals surface area contributed by atoms with Gasteiger partial charge in [-0.15, -0.1) is 25.7 Å². The predicted octanol–water partition coefficient (Wildman–Crippen LogP) is 5.19. The molecule has 0 atom stereocenters. The fourth-order valence-corrected chi connectivity index (χ4v) is 4.38. The van der Waals surface area contributed by atoms with E-state index in [1.165, 1.54) is 30.6 Å². The monoisotopic (exact) mass is 448 g/mol. The second kappa shape index (κ2) is 11.1. The Morgan fingerprint density at radius 1 is 1.12 bits per heavy atom. The Hall–Kier alpha value is -3.97. The average Bonchev–Trinajstić information content (AvgIpc) is 3.23. The molecule has 0 saturated heterocycles. The first-order valence-corrected chi connectivity index (χ1v) is 10.5. The van der Waals surface area contributed by atoms with Crippen LogP contribution in [0.4, 0.5) is 21.5 Å². The Kier molecular flexibility index (Phi) is 8.48. The van der Waals surface area contributed by atoms with Gasteiger partial charge in [0.1, 0.15) is 5.82 Å². The van der Waals surface area contributed by atoms with E-state index < -0.39 is 0 Å². The minimum Gasteiger partial charge on any atom is -0.483 e. The molecular weight excluding hydrogens is 419 g/mol. The molecule has 1 fully saturated rings. The van der Waals surface area contributed by atoms with Gasteiger partial charge in [-0.05, 0) is 69.5 Å². The Labute approximate surface area is 194 Å². The Morgan fingerprint density at radius 2 is 1.73 bits per heavy atom. The van der Waals surface area contributed by atoms with Crippen molar-refractivity contribution in [3.63, 3.8) is 0 Å². The van der Waals surface area contributed by atoms with E-state index in [4.69, 9.17) is 9.90 Å². The largest absolute Gasteiger partial charge is 0.483 e. The first-order chi connectivity index (χ1) is 15.9. The summed E-state index contributed by atoms with van der Waals surface area (Å²) in [7, 11) is 0. The summed E-state index contributed by atoms with van der Waals surface area (Å²) in [5.41, 5.74) is 4.40. The number of nitrogens with one attached hydrogen (secondary N) is 1. The van der Waals surface area contributed by atoms with Crippen molar-refractivity contribution in [1.29, 1.82) is 0 Å². The zero-order valence-corrected chi connectivity index (χ0v) is 18.9. The van der Waals surface area contributed by atoms with Gasteiger partial charge < -0.3 is 14.9 Å². The molecule has 5 rings (SSSR count). The number of carbonyl (C=O) groups is 1. The van der Waals surface area contributed by atoms with Crippen LogP contribution in [0, 0.1) is 31.5 Å². The Morgan fingerprint density at radius 3 is 2.27 bits per heavy atom. The van der Waals surface area contributed by atoms with Crippen LogP contribution in [0.5, 0.6) is 0 Å². The number of nitrogens with zero attached hydrogens (tertiary/aromatic N) is 3. The van der Waals surface area contributed by atoms with Crippen molar-refractivity contribution in [3.8, 4) is 25.7 Å². The van der Waals surface area contributed by atoms with E-state index in [1.807, 2.05) is 18.3 Å². The fraction of sp³-hybridized carbons (Fsp3) is 0.308. The maximum atomic E-state index is 13.5. The maximum Gasteiger partial charge on any atom is 0.290 e. The lowest BCUT2D eigenvalue weighted by molar-refractivity contribution is -0.122. The Bertz CT molecular complexity index is 1090. The highest BCUT2D eigenvalue weighted by Crippen LogP contribution is 2.48. The number of rotatable bonds is 2. The molecule has 0 radical (unpaired) electrons. The summed E-state index contributed by atoms with van der Waals surface area (Å²) in [5, 5.41) is 15.3. The summed E-state index contributed by atoms with van der Waals surface area (Å²) >= 11 is 0. The van der Waals surface area contributed by atoms with Crippen LogP contribution in [0.2, 0.25) is 0 Å². The second-order valence-corrected chi connectivity index (χ2v) is 8.24. The maximum absolute atomic E-state index is 13.5. The summed E-state index contributed by atoms with van der Waals surface area (Å²) in [4.78, 5) is 13.3. The summed E-state index contributed by atoms with van der Waals surface area (Å²) in [6.07, 6.45) is 21.7. The van der Waals surface area contributed by atoms with E-state index in [9.17, 15) is 4.39 Å². The van der Waals surface area contributed by atoms with E-state index in [0.717, 1.165) is 23.1 Å². The number of benzene rings is 2. The molecule has 2 heterocycles. The number of anilines is 3. The zero-order valence-electron chi connectivity index (χ0n) is 18.9. The predicted molar refractivity (Wildman–Crippen MR) is 132 cm³/mol. The van der Waals surface area contributed by atoms with Gasteiger partial charge in [0.2, 0.25) is 0 Å². The molecule has 0 spiro atoms. The number of halogens is 1. The molecule has 7 heteroatoms. The minimum absolute atomic E-state index is 0.0994. The summed E-state index contributed by atoms with van der Waals surface area (Å²) in [5.74, 6) is -0.204. The summed E-state index contributed by atoms with van der Waals surface area (Å²) in [6.45, 7) is 5.23. The van der Waals surface area contributed by atoms with Gasteiger partial charge in [0.25, 0.3) is 6.47 Å². The molecule has 6 nitrogen and oxygen atoms in total. The molecule has 0 unspecified atom stereocenters. The number of hydrogen-bond acceptors (Lipinski definition) is 4. The highest BCUT2D eigenvalue weighted by molar-refractivity contribution is 5.93. The smallest absolute Gasteiger partial charge is 0.290 e. The molecule has 1 aliphatic heterocycles. The molecule has 1 aliphatic carbocycles. The average molecular weight is 449 g/mol. The van der Waals surface area contributed by atoms with Gasteiger partial charge in [-0.1, -0.05) is 0 Å². The van der Waals surface area contributed by atoms with Crippen LogP contribution in [0.15, 0.2) is 42.6 Å². The van der Waals surface area contributed by atoms with E-state index in [0.29, 0.717) is 6.04 Å². The van der Waals surface area contributed by atoms with Gasteiger partial charge in [0.05, 0.1) is 28.6 Å². The third-order valence-electron chi connectivity index (χ3n) is 5.85. The van der Waals surface area contributed by atoms with Gasteiger partial charge >= 0.3 is 0 Å². The van der Waals surface area contributed by atoms with Gasteiger partial charge in [0.15, 0.2) is 0 Å². The number of aromatic nitrogens is 2. The van der Waals surface area contributed by atoms with Crippen LogP contribution in [0.1, 0.15) is 33.1 Å². The number of carboxylic acid groups (broad SMARTS) is 1. The SMILES string of the molecule is C#C.C#C.CC1(C)CN(C2CCC2)c2cc3[nH]ncc3cc2N1c1ccc(F)cc1.O=CO. The highest BCUT2D eigenvalue weighted by Gasteiger charge is 2.41. The van der Waals surface area contributed by atoms with Crippen LogP contribution in [-0.2, 0) is 4.79 Å². The van der Waals surface area contributed by atoms with Crippen LogP contribution in [-0.4, -0.2) is 39.9 Å². The number of aromatic amines is 1. The number of H-pyrrole nitrogens is 1. The molecule has 33 heavy (non-hydrogen) atoms. The molecule has 2 aromatic carbocycles. The third kappa shape index (κ3) is 5.10. The Balaban J connectivity index is 0.000000501. The molecule has 3 aromatic rings.